The monoisotopic (exact) mass is 374 g/mol. The van der Waals surface area contributed by atoms with Crippen LogP contribution < -0.4 is 10.6 Å². The van der Waals surface area contributed by atoms with Crippen molar-refractivity contribution in [2.24, 2.45) is 0 Å². The van der Waals surface area contributed by atoms with Crippen molar-refractivity contribution in [3.63, 3.8) is 0 Å². The Morgan fingerprint density at radius 2 is 2.19 bits per heavy atom. The lowest BCUT2D eigenvalue weighted by Crippen LogP contribution is -2.36. The molecule has 0 radical (unpaired) electrons. The third-order valence-corrected chi connectivity index (χ3v) is 6.09. The number of sulfone groups is 1. The van der Waals surface area contributed by atoms with Crippen molar-refractivity contribution >= 4 is 37.4 Å². The van der Waals surface area contributed by atoms with Crippen LogP contribution in [0.1, 0.15) is 18.4 Å². The molecule has 1 fully saturated rings. The Hall–Kier alpha value is -1.08. The van der Waals surface area contributed by atoms with Crippen LogP contribution in [0.15, 0.2) is 22.7 Å². The van der Waals surface area contributed by atoms with E-state index in [1.54, 1.807) is 0 Å². The SMILES string of the molecule is Cc1cc(NCCC(=O)NC2CCS(=O)(=O)C2)ccc1Br. The first-order chi connectivity index (χ1) is 9.85. The summed E-state index contributed by atoms with van der Waals surface area (Å²) in [6.45, 7) is 2.52. The predicted octanol–water partition coefficient (Wildman–Crippen LogP) is 1.86. The Balaban J connectivity index is 1.73. The summed E-state index contributed by atoms with van der Waals surface area (Å²) in [5.74, 6) is 0.130. The molecule has 0 saturated carbocycles. The van der Waals surface area contributed by atoms with Gasteiger partial charge in [0.2, 0.25) is 5.91 Å². The second kappa shape index (κ2) is 6.79. The first kappa shape index (κ1) is 16.3. The summed E-state index contributed by atoms with van der Waals surface area (Å²) >= 11 is 3.44. The van der Waals surface area contributed by atoms with Crippen molar-refractivity contribution in [1.82, 2.24) is 5.32 Å². The molecule has 1 saturated heterocycles. The van der Waals surface area contributed by atoms with Crippen molar-refractivity contribution in [3.8, 4) is 0 Å². The summed E-state index contributed by atoms with van der Waals surface area (Å²) in [4.78, 5) is 11.8. The third kappa shape index (κ3) is 5.00. The zero-order valence-corrected chi connectivity index (χ0v) is 14.3. The highest BCUT2D eigenvalue weighted by atomic mass is 79.9. The first-order valence-electron chi connectivity index (χ1n) is 6.85. The molecule has 1 aromatic carbocycles. The lowest BCUT2D eigenvalue weighted by Gasteiger charge is -2.12. The summed E-state index contributed by atoms with van der Waals surface area (Å²) in [6, 6.07) is 5.68. The molecule has 2 N–H and O–H groups in total. The molecule has 0 aromatic heterocycles. The molecule has 116 valence electrons. The number of anilines is 1. The third-order valence-electron chi connectivity index (χ3n) is 3.44. The van der Waals surface area contributed by atoms with Gasteiger partial charge in [-0.2, -0.15) is 0 Å². The van der Waals surface area contributed by atoms with Crippen LogP contribution in [-0.4, -0.2) is 38.4 Å². The van der Waals surface area contributed by atoms with Crippen LogP contribution in [0, 0.1) is 6.92 Å². The van der Waals surface area contributed by atoms with Crippen LogP contribution in [0.3, 0.4) is 0 Å². The van der Waals surface area contributed by atoms with Crippen molar-refractivity contribution in [3.05, 3.63) is 28.2 Å². The molecule has 1 aromatic rings. The fourth-order valence-corrected chi connectivity index (χ4v) is 4.20. The van der Waals surface area contributed by atoms with Crippen LogP contribution >= 0.6 is 15.9 Å². The van der Waals surface area contributed by atoms with Crippen molar-refractivity contribution in [1.29, 1.82) is 0 Å². The maximum atomic E-state index is 11.8. The molecule has 21 heavy (non-hydrogen) atoms. The minimum absolute atomic E-state index is 0.0675. The van der Waals surface area contributed by atoms with Crippen LogP contribution in [0.4, 0.5) is 5.69 Å². The Morgan fingerprint density at radius 1 is 1.43 bits per heavy atom. The average Bonchev–Trinajstić information content (AvgIpc) is 2.73. The Morgan fingerprint density at radius 3 is 2.81 bits per heavy atom. The van der Waals surface area contributed by atoms with Gasteiger partial charge in [0.05, 0.1) is 11.5 Å². The first-order valence-corrected chi connectivity index (χ1v) is 9.47. The van der Waals surface area contributed by atoms with E-state index in [1.165, 1.54) is 0 Å². The summed E-state index contributed by atoms with van der Waals surface area (Å²) in [5, 5.41) is 5.96. The van der Waals surface area contributed by atoms with Crippen LogP contribution in [0.5, 0.6) is 0 Å². The number of hydrogen-bond donors (Lipinski definition) is 2. The number of carbonyl (C=O) groups is 1. The van der Waals surface area contributed by atoms with Crippen molar-refractivity contribution < 1.29 is 13.2 Å². The molecule has 1 aliphatic heterocycles. The van der Waals surface area contributed by atoms with Gasteiger partial charge in [0.1, 0.15) is 0 Å². The summed E-state index contributed by atoms with van der Waals surface area (Å²) in [6.07, 6.45) is 0.846. The Kier molecular flexibility index (Phi) is 5.27. The number of rotatable bonds is 5. The van der Waals surface area contributed by atoms with Crippen LogP contribution in [0.25, 0.3) is 0 Å². The van der Waals surface area contributed by atoms with Gasteiger partial charge >= 0.3 is 0 Å². The number of nitrogens with one attached hydrogen (secondary N) is 2. The standard InChI is InChI=1S/C14H19BrN2O3S/c1-10-8-11(2-3-13(10)15)16-6-4-14(18)17-12-5-7-21(19,20)9-12/h2-3,8,12,16H,4-7,9H2,1H3,(H,17,18). The minimum Gasteiger partial charge on any atom is -0.385 e. The number of aryl methyl sites for hydroxylation is 1. The van der Waals surface area contributed by atoms with E-state index in [4.69, 9.17) is 0 Å². The molecule has 1 atom stereocenters. The number of carbonyl (C=O) groups excluding carboxylic acids is 1. The highest BCUT2D eigenvalue weighted by molar-refractivity contribution is 9.10. The molecule has 0 bridgehead atoms. The van der Waals surface area contributed by atoms with E-state index in [1.807, 2.05) is 25.1 Å². The number of amides is 1. The predicted molar refractivity (Wildman–Crippen MR) is 87.2 cm³/mol. The van der Waals surface area contributed by atoms with Gasteiger partial charge in [-0.25, -0.2) is 8.42 Å². The van der Waals surface area contributed by atoms with E-state index in [9.17, 15) is 13.2 Å². The van der Waals surface area contributed by atoms with E-state index < -0.39 is 9.84 Å². The summed E-state index contributed by atoms with van der Waals surface area (Å²) < 4.78 is 23.7. The number of hydrogen-bond acceptors (Lipinski definition) is 4. The Labute approximate surface area is 133 Å². The van der Waals surface area contributed by atoms with Gasteiger partial charge < -0.3 is 10.6 Å². The van der Waals surface area contributed by atoms with E-state index >= 15 is 0 Å². The average molecular weight is 375 g/mol. The molecular weight excluding hydrogens is 356 g/mol. The fraction of sp³-hybridized carbons (Fsp3) is 0.500. The second-order valence-corrected chi connectivity index (χ2v) is 8.39. The van der Waals surface area contributed by atoms with Gasteiger partial charge in [-0.15, -0.1) is 0 Å². The number of halogens is 1. The largest absolute Gasteiger partial charge is 0.385 e. The quantitative estimate of drug-likeness (QED) is 0.824. The smallest absolute Gasteiger partial charge is 0.222 e. The topological polar surface area (TPSA) is 75.3 Å². The van der Waals surface area contributed by atoms with Gasteiger partial charge in [0, 0.05) is 29.2 Å². The van der Waals surface area contributed by atoms with Crippen LogP contribution in [0.2, 0.25) is 0 Å². The zero-order valence-electron chi connectivity index (χ0n) is 11.9. The molecule has 0 aliphatic carbocycles. The molecular formula is C14H19BrN2O3S. The summed E-state index contributed by atoms with van der Waals surface area (Å²) in [7, 11) is -2.95. The highest BCUT2D eigenvalue weighted by Crippen LogP contribution is 2.19. The molecule has 7 heteroatoms. The van der Waals surface area contributed by atoms with Crippen LogP contribution in [-0.2, 0) is 14.6 Å². The lowest BCUT2D eigenvalue weighted by atomic mass is 10.2. The van der Waals surface area contributed by atoms with Crippen molar-refractivity contribution in [2.75, 3.05) is 23.4 Å². The summed E-state index contributed by atoms with van der Waals surface area (Å²) in [5.41, 5.74) is 2.09. The molecule has 1 unspecified atom stereocenters. The van der Waals surface area contributed by atoms with E-state index in [0.717, 1.165) is 15.7 Å². The molecule has 1 aliphatic rings. The van der Waals surface area contributed by atoms with Gasteiger partial charge in [0.25, 0.3) is 0 Å². The normalized spacial score (nSPS) is 20.2. The van der Waals surface area contributed by atoms with Gasteiger partial charge in [-0.05, 0) is 37.1 Å². The van der Waals surface area contributed by atoms with Gasteiger partial charge in [-0.1, -0.05) is 15.9 Å². The molecule has 2 rings (SSSR count). The maximum Gasteiger partial charge on any atom is 0.222 e. The van der Waals surface area contributed by atoms with Crippen molar-refractivity contribution in [2.45, 2.75) is 25.8 Å². The molecule has 0 spiro atoms. The minimum atomic E-state index is -2.95. The van der Waals surface area contributed by atoms with E-state index in [-0.39, 0.29) is 23.5 Å². The molecule has 1 heterocycles. The van der Waals surface area contributed by atoms with E-state index in [2.05, 4.69) is 26.6 Å². The highest BCUT2D eigenvalue weighted by Gasteiger charge is 2.28. The number of benzene rings is 1. The van der Waals surface area contributed by atoms with Gasteiger partial charge in [-0.3, -0.25) is 4.79 Å². The zero-order chi connectivity index (χ0) is 15.5. The van der Waals surface area contributed by atoms with E-state index in [0.29, 0.717) is 19.4 Å². The molecule has 1 amide bonds. The molecule has 5 nitrogen and oxygen atoms in total. The van der Waals surface area contributed by atoms with Gasteiger partial charge in [0.15, 0.2) is 9.84 Å². The lowest BCUT2D eigenvalue weighted by molar-refractivity contribution is -0.121. The Bertz CT molecular complexity index is 631. The maximum absolute atomic E-state index is 11.8. The fourth-order valence-electron chi connectivity index (χ4n) is 2.28. The second-order valence-electron chi connectivity index (χ2n) is 5.31.